The molecule has 0 unspecified atom stereocenters. The van der Waals surface area contributed by atoms with Crippen molar-refractivity contribution in [3.63, 3.8) is 0 Å². The van der Waals surface area contributed by atoms with E-state index >= 15 is 0 Å². The Hall–Kier alpha value is -4.34. The first-order chi connectivity index (χ1) is 15.3. The van der Waals surface area contributed by atoms with Crippen LogP contribution in [0.5, 0.6) is 0 Å². The molecule has 2 aromatic carbocycles. The van der Waals surface area contributed by atoms with E-state index in [0.717, 1.165) is 0 Å². The Morgan fingerprint density at radius 3 is 1.34 bits per heavy atom. The molecule has 0 atom stereocenters. The highest BCUT2D eigenvalue weighted by atomic mass is 16.6. The number of rotatable bonds is 11. The van der Waals surface area contributed by atoms with Gasteiger partial charge in [0.05, 0.1) is 23.1 Å². The van der Waals surface area contributed by atoms with Crippen molar-refractivity contribution in [2.75, 3.05) is 13.2 Å². The van der Waals surface area contributed by atoms with Gasteiger partial charge < -0.3 is 9.47 Å². The molecule has 166 valence electrons. The fourth-order valence-electron chi connectivity index (χ4n) is 2.39. The molecule has 0 fully saturated rings. The number of esters is 2. The van der Waals surface area contributed by atoms with Gasteiger partial charge in [-0.1, -0.05) is 0 Å². The average molecular weight is 440 g/mol. The molecule has 0 spiro atoms. The summed E-state index contributed by atoms with van der Waals surface area (Å²) in [7, 11) is 0. The first-order valence-electron chi connectivity index (χ1n) is 9.54. The van der Waals surface area contributed by atoms with E-state index in [0.29, 0.717) is 24.0 Å². The zero-order valence-electron chi connectivity index (χ0n) is 16.9. The topological polar surface area (TPSA) is 139 Å². The Morgan fingerprint density at radius 2 is 1.03 bits per heavy atom. The summed E-state index contributed by atoms with van der Waals surface area (Å²) in [6.07, 6.45) is 6.43. The molecule has 0 saturated heterocycles. The first-order valence-corrected chi connectivity index (χ1v) is 9.54. The van der Waals surface area contributed by atoms with E-state index in [4.69, 9.17) is 9.47 Å². The second-order valence-electron chi connectivity index (χ2n) is 6.41. The number of hydrogen-bond donors (Lipinski definition) is 0. The Balaban J connectivity index is 1.60. The predicted molar refractivity (Wildman–Crippen MR) is 115 cm³/mol. The van der Waals surface area contributed by atoms with E-state index in [1.165, 1.54) is 72.8 Å². The van der Waals surface area contributed by atoms with Crippen LogP contribution in [0.15, 0.2) is 60.7 Å². The molecule has 0 aliphatic heterocycles. The van der Waals surface area contributed by atoms with Crippen LogP contribution >= 0.6 is 0 Å². The van der Waals surface area contributed by atoms with Gasteiger partial charge in [-0.15, -0.1) is 0 Å². The number of nitro benzene ring substituents is 2. The third kappa shape index (κ3) is 8.57. The minimum absolute atomic E-state index is 0.0349. The van der Waals surface area contributed by atoms with Crippen LogP contribution in [-0.2, 0) is 19.1 Å². The van der Waals surface area contributed by atoms with Gasteiger partial charge >= 0.3 is 11.9 Å². The van der Waals surface area contributed by atoms with Crippen LogP contribution in [0.1, 0.15) is 24.0 Å². The molecule has 0 aromatic heterocycles. The number of unbranched alkanes of at least 4 members (excludes halogenated alkanes) is 1. The third-order valence-corrected chi connectivity index (χ3v) is 4.06. The normalized spacial score (nSPS) is 10.9. The summed E-state index contributed by atoms with van der Waals surface area (Å²) in [4.78, 5) is 43.5. The minimum atomic E-state index is -0.550. The monoisotopic (exact) mass is 440 g/mol. The summed E-state index contributed by atoms with van der Waals surface area (Å²) >= 11 is 0. The highest BCUT2D eigenvalue weighted by molar-refractivity contribution is 5.87. The van der Waals surface area contributed by atoms with Gasteiger partial charge in [0.25, 0.3) is 11.4 Å². The van der Waals surface area contributed by atoms with Gasteiger partial charge in [-0.3, -0.25) is 20.2 Å². The van der Waals surface area contributed by atoms with E-state index in [1.54, 1.807) is 0 Å². The number of carbonyl (C=O) groups is 2. The van der Waals surface area contributed by atoms with Gasteiger partial charge in [0.1, 0.15) is 0 Å². The Kier molecular flexibility index (Phi) is 9.26. The summed E-state index contributed by atoms with van der Waals surface area (Å²) < 4.78 is 10.1. The number of hydrogen-bond acceptors (Lipinski definition) is 8. The van der Waals surface area contributed by atoms with Crippen molar-refractivity contribution in [3.8, 4) is 0 Å². The summed E-state index contributed by atoms with van der Waals surface area (Å²) in [6, 6.07) is 11.4. The molecule has 2 aromatic rings. The van der Waals surface area contributed by atoms with Gasteiger partial charge in [-0.2, -0.15) is 0 Å². The van der Waals surface area contributed by atoms with Gasteiger partial charge in [0.2, 0.25) is 0 Å². The summed E-state index contributed by atoms with van der Waals surface area (Å²) in [6.45, 7) is 0.305. The van der Waals surface area contributed by atoms with Crippen molar-refractivity contribution in [2.24, 2.45) is 0 Å². The molecule has 0 aliphatic rings. The van der Waals surface area contributed by atoms with Crippen LogP contribution in [0.4, 0.5) is 11.4 Å². The molecular weight excluding hydrogens is 420 g/mol. The van der Waals surface area contributed by atoms with Gasteiger partial charge in [-0.05, 0) is 60.4 Å². The largest absolute Gasteiger partial charge is 0.463 e. The van der Waals surface area contributed by atoms with Gasteiger partial charge in [0, 0.05) is 36.4 Å². The zero-order chi connectivity index (χ0) is 23.3. The Labute approximate surface area is 183 Å². The molecule has 0 heterocycles. The lowest BCUT2D eigenvalue weighted by Crippen LogP contribution is -2.06. The third-order valence-electron chi connectivity index (χ3n) is 4.06. The SMILES string of the molecule is O=C(/C=C\c1ccc([N+](=O)[O-])cc1)OCCCCOC(=O)/C=C\c1ccc([N+](=O)[O-])cc1. The fraction of sp³-hybridized carbons (Fsp3) is 0.182. The van der Waals surface area contributed by atoms with Crippen LogP contribution in [0.25, 0.3) is 12.2 Å². The van der Waals surface area contributed by atoms with Crippen LogP contribution in [0.2, 0.25) is 0 Å². The van der Waals surface area contributed by atoms with Crippen LogP contribution in [0.3, 0.4) is 0 Å². The number of carbonyl (C=O) groups excluding carboxylic acids is 2. The van der Waals surface area contributed by atoms with Crippen molar-refractivity contribution >= 4 is 35.5 Å². The second-order valence-corrected chi connectivity index (χ2v) is 6.41. The smallest absolute Gasteiger partial charge is 0.330 e. The van der Waals surface area contributed by atoms with Gasteiger partial charge in [0.15, 0.2) is 0 Å². The van der Waals surface area contributed by atoms with Crippen molar-refractivity contribution < 1.29 is 28.9 Å². The Morgan fingerprint density at radius 1 is 0.688 bits per heavy atom. The van der Waals surface area contributed by atoms with Crippen LogP contribution < -0.4 is 0 Å². The maximum absolute atomic E-state index is 11.7. The predicted octanol–water partition coefficient (Wildman–Crippen LogP) is 4.10. The molecule has 0 N–H and O–H groups in total. The maximum atomic E-state index is 11.7. The summed E-state index contributed by atoms with van der Waals surface area (Å²) in [5.41, 5.74) is 1.18. The van der Waals surface area contributed by atoms with E-state index in [2.05, 4.69) is 0 Å². The lowest BCUT2D eigenvalue weighted by molar-refractivity contribution is -0.385. The van der Waals surface area contributed by atoms with Crippen LogP contribution in [-0.4, -0.2) is 35.0 Å². The standard InChI is InChI=1S/C22H20N2O8/c25-21(13-7-17-3-9-19(10-4-17)23(27)28)31-15-1-2-16-32-22(26)14-8-18-5-11-20(12-6-18)24(29)30/h3-14H,1-2,15-16H2/b13-7-,14-8-. The lowest BCUT2D eigenvalue weighted by atomic mass is 10.2. The number of nitro groups is 2. The zero-order valence-corrected chi connectivity index (χ0v) is 16.9. The van der Waals surface area contributed by atoms with Gasteiger partial charge in [-0.25, -0.2) is 9.59 Å². The highest BCUT2D eigenvalue weighted by Crippen LogP contribution is 2.14. The quantitative estimate of drug-likeness (QED) is 0.167. The van der Waals surface area contributed by atoms with Crippen LogP contribution in [0, 0.1) is 20.2 Å². The average Bonchev–Trinajstić information content (AvgIpc) is 2.79. The summed E-state index contributed by atoms with van der Waals surface area (Å²) in [5.74, 6) is -1.10. The lowest BCUT2D eigenvalue weighted by Gasteiger charge is -2.03. The second kappa shape index (κ2) is 12.4. The molecule has 0 saturated carbocycles. The number of nitrogens with zero attached hydrogens (tertiary/aromatic N) is 2. The Bertz CT molecular complexity index is 928. The van der Waals surface area contributed by atoms with Crippen molar-refractivity contribution in [3.05, 3.63) is 92.0 Å². The van der Waals surface area contributed by atoms with E-state index in [1.807, 2.05) is 0 Å². The fourth-order valence-corrected chi connectivity index (χ4v) is 2.39. The number of benzene rings is 2. The molecule has 2 rings (SSSR count). The molecule has 0 radical (unpaired) electrons. The molecule has 10 nitrogen and oxygen atoms in total. The molecule has 0 amide bonds. The summed E-state index contributed by atoms with van der Waals surface area (Å²) in [5, 5.41) is 21.2. The van der Waals surface area contributed by atoms with Crippen molar-refractivity contribution in [1.82, 2.24) is 0 Å². The molecule has 10 heteroatoms. The minimum Gasteiger partial charge on any atom is -0.463 e. The van der Waals surface area contributed by atoms with Crippen molar-refractivity contribution in [2.45, 2.75) is 12.8 Å². The molecule has 32 heavy (non-hydrogen) atoms. The first kappa shape index (κ1) is 23.9. The van der Waals surface area contributed by atoms with Crippen molar-refractivity contribution in [1.29, 1.82) is 0 Å². The molecule has 0 aliphatic carbocycles. The number of ether oxygens (including phenoxy) is 2. The van der Waals surface area contributed by atoms with E-state index in [-0.39, 0.29) is 24.6 Å². The van der Waals surface area contributed by atoms with E-state index in [9.17, 15) is 29.8 Å². The number of non-ortho nitro benzene ring substituents is 2. The molecule has 0 bridgehead atoms. The highest BCUT2D eigenvalue weighted by Gasteiger charge is 2.04. The molecular formula is C22H20N2O8. The van der Waals surface area contributed by atoms with E-state index < -0.39 is 21.8 Å². The maximum Gasteiger partial charge on any atom is 0.330 e.